The Labute approximate surface area is 254 Å². The van der Waals surface area contributed by atoms with Crippen molar-refractivity contribution in [1.29, 1.82) is 0 Å². The van der Waals surface area contributed by atoms with Crippen LogP contribution in [0.15, 0.2) is 73.1 Å². The minimum Gasteiger partial charge on any atom is -0.486 e. The Morgan fingerprint density at radius 3 is 2.63 bits per heavy atom. The fourth-order valence-corrected chi connectivity index (χ4v) is 6.65. The maximum Gasteiger partial charge on any atom is 0.124 e. The summed E-state index contributed by atoms with van der Waals surface area (Å²) < 4.78 is 8.12. The lowest BCUT2D eigenvalue weighted by atomic mass is 9.92. The van der Waals surface area contributed by atoms with E-state index in [9.17, 15) is 0 Å². The number of hydrogen-bond donors (Lipinski definition) is 0. The zero-order chi connectivity index (χ0) is 28.8. The van der Waals surface area contributed by atoms with E-state index in [4.69, 9.17) is 33.0 Å². The molecule has 3 atom stereocenters. The highest BCUT2D eigenvalue weighted by Gasteiger charge is 2.19. The third kappa shape index (κ3) is 7.32. The Kier molecular flexibility index (Phi) is 10.0. The summed E-state index contributed by atoms with van der Waals surface area (Å²) in [6.07, 6.45) is 23.3. The molecule has 41 heavy (non-hydrogen) atoms. The number of aromatic nitrogens is 3. The first-order valence-electron chi connectivity index (χ1n) is 14.8. The van der Waals surface area contributed by atoms with Crippen LogP contribution in [0.5, 0.6) is 5.75 Å². The highest BCUT2D eigenvalue weighted by atomic mass is 35.5. The first-order chi connectivity index (χ1) is 19.9. The Bertz CT molecular complexity index is 1440. The summed E-state index contributed by atoms with van der Waals surface area (Å²) in [4.78, 5) is 6.67. The van der Waals surface area contributed by atoms with Crippen molar-refractivity contribution in [2.75, 3.05) is 19.6 Å². The molecule has 5 nitrogen and oxygen atoms in total. The van der Waals surface area contributed by atoms with Crippen LogP contribution in [-0.4, -0.2) is 39.3 Å². The molecule has 0 aliphatic heterocycles. The monoisotopic (exact) mass is 590 g/mol. The lowest BCUT2D eigenvalue weighted by molar-refractivity contribution is 0.227. The van der Waals surface area contributed by atoms with E-state index in [-0.39, 0.29) is 6.10 Å². The molecule has 2 heterocycles. The summed E-state index contributed by atoms with van der Waals surface area (Å²) in [5, 5.41) is 6.90. The van der Waals surface area contributed by atoms with Gasteiger partial charge in [-0.1, -0.05) is 72.7 Å². The van der Waals surface area contributed by atoms with Crippen molar-refractivity contribution in [3.63, 3.8) is 0 Å². The summed E-state index contributed by atoms with van der Waals surface area (Å²) in [6, 6.07) is 6.03. The van der Waals surface area contributed by atoms with Gasteiger partial charge in [0.2, 0.25) is 0 Å². The number of fused-ring (bicyclic) bond motifs is 1. The molecule has 0 fully saturated rings. The lowest BCUT2D eigenvalue weighted by Gasteiger charge is -2.29. The van der Waals surface area contributed by atoms with Gasteiger partial charge in [-0.15, -0.1) is 0 Å². The molecule has 5 rings (SSSR count). The molecular formula is C34H40Cl2N4O. The predicted octanol–water partition coefficient (Wildman–Crippen LogP) is 9.09. The second-order valence-corrected chi connectivity index (χ2v) is 11.9. The number of ether oxygens (including phenoxy) is 1. The molecule has 3 unspecified atom stereocenters. The van der Waals surface area contributed by atoms with E-state index in [0.717, 1.165) is 60.3 Å². The Balaban J connectivity index is 1.22. The number of nitrogens with zero attached hydrogens (tertiary/aromatic N) is 4. The quantitative estimate of drug-likeness (QED) is 0.197. The van der Waals surface area contributed by atoms with Crippen molar-refractivity contribution >= 4 is 40.3 Å². The minimum atomic E-state index is -0.332. The Morgan fingerprint density at radius 2 is 1.95 bits per heavy atom. The molecule has 1 aromatic carbocycles. The van der Waals surface area contributed by atoms with Crippen LogP contribution in [-0.2, 0) is 6.42 Å². The van der Waals surface area contributed by atoms with E-state index >= 15 is 0 Å². The highest BCUT2D eigenvalue weighted by molar-refractivity contribution is 6.35. The minimum absolute atomic E-state index is 0.332. The van der Waals surface area contributed by atoms with Crippen LogP contribution in [0.4, 0.5) is 0 Å². The molecule has 3 aromatic rings. The summed E-state index contributed by atoms with van der Waals surface area (Å²) >= 11 is 12.7. The average molecular weight is 592 g/mol. The largest absolute Gasteiger partial charge is 0.486 e. The van der Waals surface area contributed by atoms with Crippen LogP contribution in [0.25, 0.3) is 17.1 Å². The molecule has 7 heteroatoms. The molecule has 216 valence electrons. The molecule has 2 aliphatic rings. The standard InChI is InChI=1S/C34H40Cl2N4O/c1-4-39(22-26-9-7-6-8-10-26)23-27-13-11-25(12-14-27)15-17-32-29-19-28(16-18-33(29)40(5-2)38-32)41-24(3)34-30(35)20-37-21-31(34)36/h5,7,9,11-13,16,18-21,24,26-27H,2,4,6,8,10,14-15,17,22-23H2,1,3H3. The molecule has 0 bridgehead atoms. The number of benzene rings is 1. The number of aryl methyl sites for hydroxylation is 1. The Morgan fingerprint density at radius 1 is 1.15 bits per heavy atom. The van der Waals surface area contributed by atoms with Crippen molar-refractivity contribution in [1.82, 2.24) is 19.7 Å². The topological polar surface area (TPSA) is 43.2 Å². The zero-order valence-corrected chi connectivity index (χ0v) is 25.6. The average Bonchev–Trinajstić information content (AvgIpc) is 3.33. The number of hydrogen-bond acceptors (Lipinski definition) is 4. The van der Waals surface area contributed by atoms with Crippen LogP contribution in [0.2, 0.25) is 10.0 Å². The van der Waals surface area contributed by atoms with Crippen molar-refractivity contribution in [3.05, 3.63) is 94.4 Å². The third-order valence-corrected chi connectivity index (χ3v) is 8.84. The van der Waals surface area contributed by atoms with Crippen LogP contribution in [0.1, 0.15) is 63.3 Å². The summed E-state index contributed by atoms with van der Waals surface area (Å²) in [5.41, 5.74) is 4.15. The molecule has 0 saturated carbocycles. The van der Waals surface area contributed by atoms with Gasteiger partial charge < -0.3 is 9.64 Å². The van der Waals surface area contributed by atoms with Crippen LogP contribution < -0.4 is 4.74 Å². The summed E-state index contributed by atoms with van der Waals surface area (Å²) in [5.74, 6) is 2.03. The molecule has 0 saturated heterocycles. The molecule has 2 aliphatic carbocycles. The van der Waals surface area contributed by atoms with Gasteiger partial charge in [0.1, 0.15) is 11.9 Å². The highest BCUT2D eigenvalue weighted by Crippen LogP contribution is 2.34. The number of halogens is 2. The van der Waals surface area contributed by atoms with E-state index in [1.54, 1.807) is 18.6 Å². The van der Waals surface area contributed by atoms with Gasteiger partial charge in [0.25, 0.3) is 0 Å². The second kappa shape index (κ2) is 13.9. The van der Waals surface area contributed by atoms with Crippen molar-refractivity contribution in [2.24, 2.45) is 11.8 Å². The Hall–Kier alpha value is -2.86. The summed E-state index contributed by atoms with van der Waals surface area (Å²) in [7, 11) is 0. The normalized spacial score (nSPS) is 19.5. The van der Waals surface area contributed by atoms with Crippen LogP contribution in [0.3, 0.4) is 0 Å². The maximum absolute atomic E-state index is 6.36. The van der Waals surface area contributed by atoms with E-state index in [1.165, 1.54) is 31.4 Å². The smallest absolute Gasteiger partial charge is 0.124 e. The first kappa shape index (κ1) is 29.6. The number of rotatable bonds is 12. The molecule has 0 N–H and O–H groups in total. The van der Waals surface area contributed by atoms with Crippen molar-refractivity contribution in [2.45, 2.75) is 58.5 Å². The van der Waals surface area contributed by atoms with Gasteiger partial charge in [-0.05, 0) is 82.0 Å². The maximum atomic E-state index is 6.36. The molecule has 2 aromatic heterocycles. The summed E-state index contributed by atoms with van der Waals surface area (Å²) in [6.45, 7) is 11.6. The zero-order valence-electron chi connectivity index (χ0n) is 24.1. The van der Waals surface area contributed by atoms with Gasteiger partial charge in [0.15, 0.2) is 0 Å². The van der Waals surface area contributed by atoms with Crippen molar-refractivity contribution < 1.29 is 4.74 Å². The van der Waals surface area contributed by atoms with Gasteiger partial charge in [-0.25, -0.2) is 4.68 Å². The number of allylic oxidation sites excluding steroid dienone is 4. The van der Waals surface area contributed by atoms with Gasteiger partial charge >= 0.3 is 0 Å². The fraction of sp³-hybridized carbons (Fsp3) is 0.412. The molecule has 0 spiro atoms. The molecular weight excluding hydrogens is 551 g/mol. The van der Waals surface area contributed by atoms with E-state index in [0.29, 0.717) is 21.9 Å². The van der Waals surface area contributed by atoms with Gasteiger partial charge in [0, 0.05) is 42.6 Å². The lowest BCUT2D eigenvalue weighted by Crippen LogP contribution is -2.33. The first-order valence-corrected chi connectivity index (χ1v) is 15.6. The van der Waals surface area contributed by atoms with Crippen LogP contribution >= 0.6 is 23.2 Å². The third-order valence-electron chi connectivity index (χ3n) is 8.24. The molecule has 0 radical (unpaired) electrons. The number of pyridine rings is 1. The van der Waals surface area contributed by atoms with E-state index < -0.39 is 0 Å². The SMILES string of the molecule is C=Cn1nc(CCC2=CCC(CN(CC)CC3C=CCCC3)C=C2)c2cc(OC(C)c3c(Cl)cncc3Cl)ccc21. The second-order valence-electron chi connectivity index (χ2n) is 11.1. The molecule has 0 amide bonds. The fourth-order valence-electron chi connectivity index (χ4n) is 5.98. The van der Waals surface area contributed by atoms with Gasteiger partial charge in [-0.2, -0.15) is 5.10 Å². The van der Waals surface area contributed by atoms with Crippen LogP contribution in [0, 0.1) is 11.8 Å². The van der Waals surface area contributed by atoms with Gasteiger partial charge in [0.05, 0.1) is 21.3 Å². The van der Waals surface area contributed by atoms with E-state index in [2.05, 4.69) is 59.8 Å². The van der Waals surface area contributed by atoms with Crippen molar-refractivity contribution in [3.8, 4) is 5.75 Å². The predicted molar refractivity (Wildman–Crippen MR) is 172 cm³/mol. The van der Waals surface area contributed by atoms with Gasteiger partial charge in [-0.3, -0.25) is 4.98 Å². The van der Waals surface area contributed by atoms with E-state index in [1.807, 2.05) is 23.7 Å².